The SMILES string of the molecule is CCn1ncc(CN2CCCC2c2cc(Cc3ccccc3)cc(C)n2)c1C. The van der Waals surface area contributed by atoms with Crippen LogP contribution in [-0.4, -0.2) is 26.2 Å². The molecule has 1 aromatic carbocycles. The average molecular weight is 375 g/mol. The highest BCUT2D eigenvalue weighted by molar-refractivity contribution is 5.30. The van der Waals surface area contributed by atoms with Gasteiger partial charge in [0.15, 0.2) is 0 Å². The van der Waals surface area contributed by atoms with Gasteiger partial charge < -0.3 is 0 Å². The summed E-state index contributed by atoms with van der Waals surface area (Å²) < 4.78 is 2.09. The van der Waals surface area contributed by atoms with E-state index in [2.05, 4.69) is 77.9 Å². The Kier molecular flexibility index (Phi) is 5.58. The van der Waals surface area contributed by atoms with Crippen LogP contribution in [0.1, 0.15) is 59.6 Å². The molecule has 1 atom stereocenters. The molecule has 146 valence electrons. The van der Waals surface area contributed by atoms with Crippen molar-refractivity contribution in [3.05, 3.63) is 82.4 Å². The summed E-state index contributed by atoms with van der Waals surface area (Å²) in [6.07, 6.45) is 5.42. The number of aryl methyl sites for hydroxylation is 2. The van der Waals surface area contributed by atoms with Crippen molar-refractivity contribution in [2.45, 2.75) is 59.2 Å². The maximum absolute atomic E-state index is 4.93. The van der Waals surface area contributed by atoms with Crippen molar-refractivity contribution >= 4 is 0 Å². The molecule has 0 bridgehead atoms. The Bertz CT molecular complexity index is 929. The van der Waals surface area contributed by atoms with Crippen LogP contribution in [0.3, 0.4) is 0 Å². The van der Waals surface area contributed by atoms with Gasteiger partial charge in [0.2, 0.25) is 0 Å². The summed E-state index contributed by atoms with van der Waals surface area (Å²) >= 11 is 0. The van der Waals surface area contributed by atoms with Gasteiger partial charge in [0.25, 0.3) is 0 Å². The Balaban J connectivity index is 1.56. The maximum Gasteiger partial charge on any atom is 0.0581 e. The van der Waals surface area contributed by atoms with Crippen LogP contribution in [0.15, 0.2) is 48.7 Å². The normalized spacial score (nSPS) is 17.3. The van der Waals surface area contributed by atoms with Gasteiger partial charge in [-0.1, -0.05) is 30.3 Å². The van der Waals surface area contributed by atoms with Gasteiger partial charge in [-0.2, -0.15) is 5.10 Å². The van der Waals surface area contributed by atoms with Gasteiger partial charge in [0, 0.05) is 30.0 Å². The summed E-state index contributed by atoms with van der Waals surface area (Å²) in [5, 5.41) is 4.52. The first-order valence-electron chi connectivity index (χ1n) is 10.4. The van der Waals surface area contributed by atoms with Crippen molar-refractivity contribution in [2.75, 3.05) is 6.54 Å². The molecule has 0 aliphatic carbocycles. The van der Waals surface area contributed by atoms with Crippen LogP contribution < -0.4 is 0 Å². The van der Waals surface area contributed by atoms with Crippen LogP contribution in [0.4, 0.5) is 0 Å². The largest absolute Gasteiger partial charge is 0.290 e. The van der Waals surface area contributed by atoms with E-state index in [1.807, 2.05) is 6.20 Å². The molecule has 4 nitrogen and oxygen atoms in total. The zero-order valence-corrected chi connectivity index (χ0v) is 17.2. The number of hydrogen-bond acceptors (Lipinski definition) is 3. The molecule has 0 spiro atoms. The van der Waals surface area contributed by atoms with Gasteiger partial charge in [-0.25, -0.2) is 0 Å². The van der Waals surface area contributed by atoms with E-state index >= 15 is 0 Å². The third-order valence-corrected chi connectivity index (χ3v) is 5.87. The summed E-state index contributed by atoms with van der Waals surface area (Å²) in [7, 11) is 0. The molecule has 1 aliphatic rings. The van der Waals surface area contributed by atoms with E-state index in [-0.39, 0.29) is 0 Å². The van der Waals surface area contributed by atoms with Gasteiger partial charge in [0.05, 0.1) is 17.9 Å². The zero-order chi connectivity index (χ0) is 19.5. The number of rotatable bonds is 6. The van der Waals surface area contributed by atoms with Crippen LogP contribution in [0.2, 0.25) is 0 Å². The summed E-state index contributed by atoms with van der Waals surface area (Å²) in [6, 6.07) is 15.7. The molecule has 3 heterocycles. The molecule has 0 amide bonds. The topological polar surface area (TPSA) is 34.0 Å². The monoisotopic (exact) mass is 374 g/mol. The molecule has 0 N–H and O–H groups in total. The van der Waals surface area contributed by atoms with E-state index in [1.165, 1.54) is 40.9 Å². The fraction of sp³-hybridized carbons (Fsp3) is 0.417. The van der Waals surface area contributed by atoms with E-state index in [0.717, 1.165) is 31.7 Å². The minimum atomic E-state index is 0.402. The highest BCUT2D eigenvalue weighted by Crippen LogP contribution is 2.33. The van der Waals surface area contributed by atoms with E-state index in [9.17, 15) is 0 Å². The van der Waals surface area contributed by atoms with E-state index in [1.54, 1.807) is 0 Å². The number of aromatic nitrogens is 3. The standard InChI is InChI=1S/C24H30N4/c1-4-28-19(3)22(16-25-28)17-27-12-8-11-24(27)23-15-21(13-18(2)26-23)14-20-9-6-5-7-10-20/h5-7,9-10,13,15-16,24H,4,8,11-12,14,17H2,1-3H3. The molecule has 1 unspecified atom stereocenters. The lowest BCUT2D eigenvalue weighted by Gasteiger charge is -2.24. The van der Waals surface area contributed by atoms with Crippen molar-refractivity contribution in [2.24, 2.45) is 0 Å². The summed E-state index contributed by atoms with van der Waals surface area (Å²) in [5.41, 5.74) is 7.68. The smallest absolute Gasteiger partial charge is 0.0581 e. The molecule has 1 aliphatic heterocycles. The van der Waals surface area contributed by atoms with Crippen molar-refractivity contribution in [1.29, 1.82) is 0 Å². The number of pyridine rings is 1. The molecule has 1 saturated heterocycles. The Morgan fingerprint density at radius 1 is 1.07 bits per heavy atom. The molecule has 4 rings (SSSR count). The predicted molar refractivity (Wildman–Crippen MR) is 113 cm³/mol. The van der Waals surface area contributed by atoms with Gasteiger partial charge in [-0.3, -0.25) is 14.6 Å². The fourth-order valence-electron chi connectivity index (χ4n) is 4.40. The molecular weight excluding hydrogens is 344 g/mol. The quantitative estimate of drug-likeness (QED) is 0.619. The molecule has 4 heteroatoms. The van der Waals surface area contributed by atoms with Crippen LogP contribution in [-0.2, 0) is 19.5 Å². The lowest BCUT2D eigenvalue weighted by molar-refractivity contribution is 0.243. The minimum Gasteiger partial charge on any atom is -0.290 e. The maximum atomic E-state index is 4.93. The summed E-state index contributed by atoms with van der Waals surface area (Å²) in [4.78, 5) is 7.51. The van der Waals surface area contributed by atoms with Crippen LogP contribution in [0.5, 0.6) is 0 Å². The molecule has 28 heavy (non-hydrogen) atoms. The van der Waals surface area contributed by atoms with Gasteiger partial charge >= 0.3 is 0 Å². The number of likely N-dealkylation sites (tertiary alicyclic amines) is 1. The molecule has 0 saturated carbocycles. The summed E-state index contributed by atoms with van der Waals surface area (Å²) in [5.74, 6) is 0. The first-order chi connectivity index (χ1) is 13.6. The molecule has 1 fully saturated rings. The van der Waals surface area contributed by atoms with Crippen molar-refractivity contribution in [3.8, 4) is 0 Å². The average Bonchev–Trinajstić information content (AvgIpc) is 3.29. The zero-order valence-electron chi connectivity index (χ0n) is 17.2. The lowest BCUT2D eigenvalue weighted by atomic mass is 10.0. The minimum absolute atomic E-state index is 0.402. The van der Waals surface area contributed by atoms with E-state index in [0.29, 0.717) is 6.04 Å². The lowest BCUT2D eigenvalue weighted by Crippen LogP contribution is -2.24. The Labute approximate surface area is 168 Å². The number of hydrogen-bond donors (Lipinski definition) is 0. The third kappa shape index (κ3) is 4.02. The van der Waals surface area contributed by atoms with Gasteiger partial charge in [0.1, 0.15) is 0 Å². The van der Waals surface area contributed by atoms with Crippen LogP contribution in [0.25, 0.3) is 0 Å². The van der Waals surface area contributed by atoms with Crippen LogP contribution in [0, 0.1) is 13.8 Å². The Morgan fingerprint density at radius 3 is 2.64 bits per heavy atom. The highest BCUT2D eigenvalue weighted by atomic mass is 15.3. The van der Waals surface area contributed by atoms with E-state index < -0.39 is 0 Å². The second kappa shape index (κ2) is 8.27. The third-order valence-electron chi connectivity index (χ3n) is 5.87. The van der Waals surface area contributed by atoms with Crippen molar-refractivity contribution in [1.82, 2.24) is 19.7 Å². The fourth-order valence-corrected chi connectivity index (χ4v) is 4.40. The Hall–Kier alpha value is -2.46. The Morgan fingerprint density at radius 2 is 1.89 bits per heavy atom. The number of benzene rings is 1. The second-order valence-corrected chi connectivity index (χ2v) is 7.90. The molecule has 2 aromatic heterocycles. The highest BCUT2D eigenvalue weighted by Gasteiger charge is 2.28. The molecule has 0 radical (unpaired) electrons. The van der Waals surface area contributed by atoms with Crippen molar-refractivity contribution in [3.63, 3.8) is 0 Å². The first kappa shape index (κ1) is 18.9. The second-order valence-electron chi connectivity index (χ2n) is 7.90. The number of nitrogens with zero attached hydrogens (tertiary/aromatic N) is 4. The molecular formula is C24H30N4. The van der Waals surface area contributed by atoms with Gasteiger partial charge in [-0.15, -0.1) is 0 Å². The summed E-state index contributed by atoms with van der Waals surface area (Å²) in [6.45, 7) is 9.46. The van der Waals surface area contributed by atoms with Crippen LogP contribution >= 0.6 is 0 Å². The van der Waals surface area contributed by atoms with Crippen molar-refractivity contribution < 1.29 is 0 Å². The van der Waals surface area contributed by atoms with Gasteiger partial charge in [-0.05, 0) is 69.8 Å². The predicted octanol–water partition coefficient (Wildman–Crippen LogP) is 4.84. The van der Waals surface area contributed by atoms with E-state index in [4.69, 9.17) is 4.98 Å². The first-order valence-corrected chi connectivity index (χ1v) is 10.4. The molecule has 3 aromatic rings.